The molecule has 0 spiro atoms. The number of nitrogens with two attached hydrogens (primary N) is 1. The molecular formula is C18H24FN7O. The highest BCUT2D eigenvalue weighted by molar-refractivity contribution is 5.95. The molecule has 1 aliphatic rings. The summed E-state index contributed by atoms with van der Waals surface area (Å²) in [5, 5.41) is 3.20. The van der Waals surface area contributed by atoms with Gasteiger partial charge in [-0.15, -0.1) is 0 Å². The van der Waals surface area contributed by atoms with Gasteiger partial charge in [-0.1, -0.05) is 18.6 Å². The smallest absolute Gasteiger partial charge is 0.272 e. The van der Waals surface area contributed by atoms with Crippen LogP contribution in [0.4, 0.5) is 21.7 Å². The second-order valence-electron chi connectivity index (χ2n) is 6.37. The molecule has 9 heteroatoms. The lowest BCUT2D eigenvalue weighted by molar-refractivity contribution is 0.0958. The van der Waals surface area contributed by atoms with Gasteiger partial charge < -0.3 is 16.0 Å². The van der Waals surface area contributed by atoms with Crippen LogP contribution in [0.15, 0.2) is 30.6 Å². The highest BCUT2D eigenvalue weighted by Gasteiger charge is 2.13. The van der Waals surface area contributed by atoms with Crippen LogP contribution in [0.5, 0.6) is 0 Å². The number of hydrazine groups is 1. The summed E-state index contributed by atoms with van der Waals surface area (Å²) in [6.07, 6.45) is 5.13. The second kappa shape index (κ2) is 9.13. The van der Waals surface area contributed by atoms with Crippen molar-refractivity contribution in [1.29, 1.82) is 0 Å². The summed E-state index contributed by atoms with van der Waals surface area (Å²) in [6.45, 7) is 3.87. The number of amides is 1. The molecule has 0 atom stereocenters. The summed E-state index contributed by atoms with van der Waals surface area (Å²) in [5.41, 5.74) is 11.3. The topological polar surface area (TPSA) is 108 Å². The number of piperidine rings is 1. The monoisotopic (exact) mass is 373 g/mol. The van der Waals surface area contributed by atoms with E-state index in [1.54, 1.807) is 6.07 Å². The molecule has 5 N–H and O–H groups in total. The summed E-state index contributed by atoms with van der Waals surface area (Å²) >= 11 is 0. The quantitative estimate of drug-likeness (QED) is 0.549. The molecule has 8 nitrogen and oxygen atoms in total. The summed E-state index contributed by atoms with van der Waals surface area (Å²) in [7, 11) is 0. The van der Waals surface area contributed by atoms with Crippen LogP contribution in [-0.2, 0) is 0 Å². The zero-order chi connectivity index (χ0) is 19.1. The molecule has 1 saturated heterocycles. The number of carbonyl (C=O) groups excluding carboxylic acids is 1. The van der Waals surface area contributed by atoms with Gasteiger partial charge >= 0.3 is 0 Å². The van der Waals surface area contributed by atoms with E-state index in [0.29, 0.717) is 12.4 Å². The summed E-state index contributed by atoms with van der Waals surface area (Å²) < 4.78 is 13.6. The standard InChI is InChI=1S/C18H24FN7O/c19-14-7-3-2-6-13(14)18(27)25-24-17-15(20)16(22-12-23-17)21-8-11-26-9-4-1-5-10-26/h2-3,6-7,12H,1,4-5,8-11,20H2,(H,25,27)(H2,21,22,23,24). The highest BCUT2D eigenvalue weighted by Crippen LogP contribution is 2.21. The van der Waals surface area contributed by atoms with Crippen molar-refractivity contribution in [3.8, 4) is 0 Å². The highest BCUT2D eigenvalue weighted by atomic mass is 19.1. The van der Waals surface area contributed by atoms with E-state index in [9.17, 15) is 9.18 Å². The van der Waals surface area contributed by atoms with Crippen molar-refractivity contribution in [2.24, 2.45) is 0 Å². The van der Waals surface area contributed by atoms with Crippen molar-refractivity contribution in [2.45, 2.75) is 19.3 Å². The molecule has 2 aromatic rings. The molecule has 0 unspecified atom stereocenters. The Morgan fingerprint density at radius 1 is 1.15 bits per heavy atom. The molecule has 1 fully saturated rings. The molecule has 1 aromatic heterocycles. The lowest BCUT2D eigenvalue weighted by Crippen LogP contribution is -2.34. The number of nitrogens with one attached hydrogen (secondary N) is 3. The van der Waals surface area contributed by atoms with Gasteiger partial charge in [-0.3, -0.25) is 15.6 Å². The largest absolute Gasteiger partial charge is 0.393 e. The van der Waals surface area contributed by atoms with Crippen molar-refractivity contribution in [3.63, 3.8) is 0 Å². The van der Waals surface area contributed by atoms with Gasteiger partial charge in [-0.25, -0.2) is 14.4 Å². The predicted octanol–water partition coefficient (Wildman–Crippen LogP) is 1.85. The van der Waals surface area contributed by atoms with Crippen LogP contribution in [0.3, 0.4) is 0 Å². The van der Waals surface area contributed by atoms with Crippen molar-refractivity contribution in [3.05, 3.63) is 42.0 Å². The van der Waals surface area contributed by atoms with E-state index in [0.717, 1.165) is 19.6 Å². The third kappa shape index (κ3) is 5.04. The first kappa shape index (κ1) is 18.8. The minimum absolute atomic E-state index is 0.0718. The van der Waals surface area contributed by atoms with Crippen molar-refractivity contribution >= 4 is 23.2 Å². The first-order valence-electron chi connectivity index (χ1n) is 9.02. The Labute approximate surface area is 157 Å². The lowest BCUT2D eigenvalue weighted by Gasteiger charge is -2.26. The van der Waals surface area contributed by atoms with Crippen LogP contribution in [0.1, 0.15) is 29.6 Å². The van der Waals surface area contributed by atoms with E-state index in [1.807, 2.05) is 0 Å². The van der Waals surface area contributed by atoms with E-state index >= 15 is 0 Å². The number of likely N-dealkylation sites (tertiary alicyclic amines) is 1. The molecule has 0 radical (unpaired) electrons. The van der Waals surface area contributed by atoms with Gasteiger partial charge in [0.1, 0.15) is 17.8 Å². The van der Waals surface area contributed by atoms with Gasteiger partial charge in [0.05, 0.1) is 5.56 Å². The number of carbonyl (C=O) groups is 1. The minimum Gasteiger partial charge on any atom is -0.393 e. The first-order valence-corrected chi connectivity index (χ1v) is 9.02. The van der Waals surface area contributed by atoms with Gasteiger partial charge in [-0.05, 0) is 38.1 Å². The summed E-state index contributed by atoms with van der Waals surface area (Å²) in [4.78, 5) is 22.6. The number of halogens is 1. The third-order valence-electron chi connectivity index (χ3n) is 4.47. The molecular weight excluding hydrogens is 349 g/mol. The zero-order valence-corrected chi connectivity index (χ0v) is 15.0. The SMILES string of the molecule is Nc1c(NCCN2CCCCC2)ncnc1NNC(=O)c1ccccc1F. The molecule has 144 valence electrons. The number of nitrogen functional groups attached to an aromatic ring is 1. The Hall–Kier alpha value is -2.94. The molecule has 0 saturated carbocycles. The molecule has 27 heavy (non-hydrogen) atoms. The van der Waals surface area contributed by atoms with Crippen LogP contribution in [0, 0.1) is 5.82 Å². The number of hydrogen-bond acceptors (Lipinski definition) is 7. The number of nitrogens with zero attached hydrogens (tertiary/aromatic N) is 3. The summed E-state index contributed by atoms with van der Waals surface area (Å²) in [5.74, 6) is -0.488. The first-order chi connectivity index (χ1) is 13.1. The fourth-order valence-electron chi connectivity index (χ4n) is 2.98. The molecule has 1 amide bonds. The summed E-state index contributed by atoms with van der Waals surface area (Å²) in [6, 6.07) is 5.72. The normalized spacial score (nSPS) is 14.6. The maximum atomic E-state index is 13.6. The van der Waals surface area contributed by atoms with Gasteiger partial charge in [-0.2, -0.15) is 0 Å². The van der Waals surface area contributed by atoms with Crippen LogP contribution >= 0.6 is 0 Å². The van der Waals surface area contributed by atoms with E-state index in [-0.39, 0.29) is 17.1 Å². The Morgan fingerprint density at radius 3 is 2.67 bits per heavy atom. The minimum atomic E-state index is -0.620. The number of hydrogen-bond donors (Lipinski definition) is 4. The number of anilines is 3. The van der Waals surface area contributed by atoms with Gasteiger partial charge in [0, 0.05) is 13.1 Å². The van der Waals surface area contributed by atoms with E-state index in [4.69, 9.17) is 5.73 Å². The Balaban J connectivity index is 1.54. The molecule has 2 heterocycles. The average Bonchev–Trinajstić information content (AvgIpc) is 2.69. The molecule has 3 rings (SSSR count). The maximum absolute atomic E-state index is 13.6. The fraction of sp³-hybridized carbons (Fsp3) is 0.389. The predicted molar refractivity (Wildman–Crippen MR) is 103 cm³/mol. The molecule has 1 aliphatic heterocycles. The maximum Gasteiger partial charge on any atom is 0.272 e. The molecule has 0 bridgehead atoms. The Bertz CT molecular complexity index is 780. The van der Waals surface area contributed by atoms with Crippen molar-refractivity contribution in [1.82, 2.24) is 20.3 Å². The van der Waals surface area contributed by atoms with Crippen molar-refractivity contribution in [2.75, 3.05) is 42.7 Å². The van der Waals surface area contributed by atoms with Gasteiger partial charge in [0.2, 0.25) is 0 Å². The van der Waals surface area contributed by atoms with E-state index < -0.39 is 11.7 Å². The van der Waals surface area contributed by atoms with E-state index in [1.165, 1.54) is 43.8 Å². The second-order valence-corrected chi connectivity index (χ2v) is 6.37. The molecule has 0 aliphatic carbocycles. The number of rotatable bonds is 7. The van der Waals surface area contributed by atoms with Gasteiger partial charge in [0.25, 0.3) is 5.91 Å². The fourth-order valence-corrected chi connectivity index (χ4v) is 2.98. The van der Waals surface area contributed by atoms with Crippen LogP contribution in [0.25, 0.3) is 0 Å². The average molecular weight is 373 g/mol. The van der Waals surface area contributed by atoms with Gasteiger partial charge in [0.15, 0.2) is 11.6 Å². The number of benzene rings is 1. The Morgan fingerprint density at radius 2 is 1.89 bits per heavy atom. The van der Waals surface area contributed by atoms with Crippen molar-refractivity contribution < 1.29 is 9.18 Å². The lowest BCUT2D eigenvalue weighted by atomic mass is 10.1. The molecule has 1 aromatic carbocycles. The zero-order valence-electron chi connectivity index (χ0n) is 15.0. The van der Waals surface area contributed by atoms with E-state index in [2.05, 4.69) is 31.0 Å². The third-order valence-corrected chi connectivity index (χ3v) is 4.47. The Kier molecular flexibility index (Phi) is 6.37. The van der Waals surface area contributed by atoms with Crippen LogP contribution in [0.2, 0.25) is 0 Å². The number of aromatic nitrogens is 2. The van der Waals surface area contributed by atoms with Crippen LogP contribution in [-0.4, -0.2) is 47.0 Å². The van der Waals surface area contributed by atoms with Crippen LogP contribution < -0.4 is 21.9 Å².